The van der Waals surface area contributed by atoms with Crippen molar-refractivity contribution in [1.82, 2.24) is 0 Å². The monoisotopic (exact) mass is 283 g/mol. The molecular formula is C13H18BrNO. The van der Waals surface area contributed by atoms with Crippen molar-refractivity contribution in [3.8, 4) is 5.75 Å². The Hall–Kier alpha value is -0.700. The predicted molar refractivity (Wildman–Crippen MR) is 71.1 cm³/mol. The number of halogens is 1. The van der Waals surface area contributed by atoms with Crippen molar-refractivity contribution in [1.29, 1.82) is 0 Å². The van der Waals surface area contributed by atoms with Crippen LogP contribution in [0.3, 0.4) is 0 Å². The number of ether oxygens (including phenoxy) is 1. The average Bonchev–Trinajstić information content (AvgIpc) is 3.04. The van der Waals surface area contributed by atoms with E-state index in [1.807, 2.05) is 12.1 Å². The second kappa shape index (κ2) is 5.09. The molecule has 88 valence electrons. The summed E-state index contributed by atoms with van der Waals surface area (Å²) in [5, 5.41) is 3.51. The Morgan fingerprint density at radius 2 is 2.25 bits per heavy atom. The number of anilines is 1. The molecule has 2 rings (SSSR count). The van der Waals surface area contributed by atoms with Crippen LogP contribution in [0.15, 0.2) is 22.7 Å². The van der Waals surface area contributed by atoms with Crippen molar-refractivity contribution in [3.05, 3.63) is 22.7 Å². The number of nitrogens with one attached hydrogen (secondary N) is 1. The molecule has 1 saturated carbocycles. The van der Waals surface area contributed by atoms with Crippen LogP contribution in [0.2, 0.25) is 0 Å². The second-order valence-corrected chi connectivity index (χ2v) is 5.43. The van der Waals surface area contributed by atoms with Gasteiger partial charge in [0, 0.05) is 17.8 Å². The second-order valence-electron chi connectivity index (χ2n) is 4.57. The third kappa shape index (κ3) is 3.14. The number of hydrogen-bond acceptors (Lipinski definition) is 2. The van der Waals surface area contributed by atoms with E-state index in [9.17, 15) is 0 Å². The summed E-state index contributed by atoms with van der Waals surface area (Å²) in [5.41, 5.74) is 1.13. The van der Waals surface area contributed by atoms with Crippen LogP contribution in [0.1, 0.15) is 26.2 Å². The highest BCUT2D eigenvalue weighted by Crippen LogP contribution is 2.34. The molecular weight excluding hydrogens is 266 g/mol. The van der Waals surface area contributed by atoms with Crippen LogP contribution in [0.25, 0.3) is 0 Å². The van der Waals surface area contributed by atoms with E-state index in [4.69, 9.17) is 4.74 Å². The highest BCUT2D eigenvalue weighted by molar-refractivity contribution is 9.10. The van der Waals surface area contributed by atoms with Crippen molar-refractivity contribution < 1.29 is 4.74 Å². The molecule has 0 bridgehead atoms. The van der Waals surface area contributed by atoms with E-state index in [2.05, 4.69) is 34.2 Å². The summed E-state index contributed by atoms with van der Waals surface area (Å²) in [6, 6.07) is 6.67. The molecule has 3 heteroatoms. The third-order valence-electron chi connectivity index (χ3n) is 2.95. The molecule has 0 aliphatic heterocycles. The molecule has 1 aliphatic carbocycles. The molecule has 1 aromatic rings. The van der Waals surface area contributed by atoms with Crippen LogP contribution in [0, 0.1) is 5.92 Å². The van der Waals surface area contributed by atoms with Gasteiger partial charge >= 0.3 is 0 Å². The summed E-state index contributed by atoms with van der Waals surface area (Å²) in [6.45, 7) is 2.24. The maximum Gasteiger partial charge on any atom is 0.135 e. The normalized spacial score (nSPS) is 16.9. The zero-order valence-corrected chi connectivity index (χ0v) is 11.4. The maximum atomic E-state index is 5.27. The molecule has 0 saturated heterocycles. The van der Waals surface area contributed by atoms with E-state index in [1.165, 1.54) is 19.3 Å². The Morgan fingerprint density at radius 1 is 1.50 bits per heavy atom. The van der Waals surface area contributed by atoms with Crippen molar-refractivity contribution in [2.45, 2.75) is 32.2 Å². The first-order valence-corrected chi connectivity index (χ1v) is 6.58. The van der Waals surface area contributed by atoms with Gasteiger partial charge in [-0.2, -0.15) is 0 Å². The van der Waals surface area contributed by atoms with Crippen LogP contribution in [0.5, 0.6) is 5.75 Å². The van der Waals surface area contributed by atoms with Crippen LogP contribution in [-0.4, -0.2) is 13.2 Å². The molecule has 1 atom stereocenters. The number of benzene rings is 1. The van der Waals surface area contributed by atoms with Gasteiger partial charge in [0.05, 0.1) is 11.6 Å². The molecule has 1 aromatic carbocycles. The minimum absolute atomic E-state index is 0.540. The summed E-state index contributed by atoms with van der Waals surface area (Å²) in [4.78, 5) is 0. The molecule has 0 aromatic heterocycles. The Morgan fingerprint density at radius 3 is 2.88 bits per heavy atom. The minimum Gasteiger partial charge on any atom is -0.495 e. The lowest BCUT2D eigenvalue weighted by Gasteiger charge is -2.15. The lowest BCUT2D eigenvalue weighted by molar-refractivity contribution is 0.412. The molecule has 0 radical (unpaired) electrons. The Kier molecular flexibility index (Phi) is 3.74. The van der Waals surface area contributed by atoms with Crippen molar-refractivity contribution >= 4 is 21.6 Å². The number of methoxy groups -OCH3 is 1. The topological polar surface area (TPSA) is 21.3 Å². The largest absolute Gasteiger partial charge is 0.495 e. The Bertz CT molecular complexity index is 363. The fourth-order valence-corrected chi connectivity index (χ4v) is 2.36. The average molecular weight is 284 g/mol. The van der Waals surface area contributed by atoms with Crippen LogP contribution >= 0.6 is 15.9 Å². The standard InChI is InChI=1S/C13H18BrNO/c1-9(7-10-3-4-10)15-11-5-6-12(14)13(8-11)16-2/h5-6,8-10,15H,3-4,7H2,1-2H3. The zero-order chi connectivity index (χ0) is 11.5. The van der Waals surface area contributed by atoms with Crippen LogP contribution in [-0.2, 0) is 0 Å². The fraction of sp³-hybridized carbons (Fsp3) is 0.538. The Balaban J connectivity index is 1.97. The first kappa shape index (κ1) is 11.8. The lowest BCUT2D eigenvalue weighted by Crippen LogP contribution is -2.15. The van der Waals surface area contributed by atoms with E-state index in [0.717, 1.165) is 21.8 Å². The predicted octanol–water partition coefficient (Wildman–Crippen LogP) is 4.06. The van der Waals surface area contributed by atoms with E-state index in [0.29, 0.717) is 6.04 Å². The summed E-state index contributed by atoms with van der Waals surface area (Å²) in [7, 11) is 1.69. The maximum absolute atomic E-state index is 5.27. The molecule has 1 fully saturated rings. The van der Waals surface area contributed by atoms with Crippen LogP contribution < -0.4 is 10.1 Å². The number of hydrogen-bond donors (Lipinski definition) is 1. The van der Waals surface area contributed by atoms with Gasteiger partial charge in [0.15, 0.2) is 0 Å². The molecule has 1 aliphatic rings. The van der Waals surface area contributed by atoms with Gasteiger partial charge in [0.1, 0.15) is 5.75 Å². The van der Waals surface area contributed by atoms with Gasteiger partial charge in [-0.1, -0.05) is 12.8 Å². The number of rotatable bonds is 5. The quantitative estimate of drug-likeness (QED) is 0.880. The van der Waals surface area contributed by atoms with Gasteiger partial charge in [0.2, 0.25) is 0 Å². The smallest absolute Gasteiger partial charge is 0.135 e. The van der Waals surface area contributed by atoms with Crippen molar-refractivity contribution in [2.24, 2.45) is 5.92 Å². The molecule has 0 heterocycles. The first-order valence-electron chi connectivity index (χ1n) is 5.79. The van der Waals surface area contributed by atoms with E-state index in [-0.39, 0.29) is 0 Å². The molecule has 1 unspecified atom stereocenters. The fourth-order valence-electron chi connectivity index (χ4n) is 1.95. The first-order chi connectivity index (χ1) is 7.69. The van der Waals surface area contributed by atoms with Crippen LogP contribution in [0.4, 0.5) is 5.69 Å². The minimum atomic E-state index is 0.540. The van der Waals surface area contributed by atoms with Gasteiger partial charge in [0.25, 0.3) is 0 Å². The van der Waals surface area contributed by atoms with E-state index < -0.39 is 0 Å². The van der Waals surface area contributed by atoms with Gasteiger partial charge in [-0.15, -0.1) is 0 Å². The highest BCUT2D eigenvalue weighted by atomic mass is 79.9. The van der Waals surface area contributed by atoms with Gasteiger partial charge in [-0.05, 0) is 47.3 Å². The van der Waals surface area contributed by atoms with Gasteiger partial charge < -0.3 is 10.1 Å². The third-order valence-corrected chi connectivity index (χ3v) is 3.60. The lowest BCUT2D eigenvalue weighted by atomic mass is 10.1. The van der Waals surface area contributed by atoms with Gasteiger partial charge in [-0.3, -0.25) is 0 Å². The summed E-state index contributed by atoms with van der Waals surface area (Å²) in [5.74, 6) is 1.84. The summed E-state index contributed by atoms with van der Waals surface area (Å²) in [6.07, 6.45) is 4.10. The van der Waals surface area contributed by atoms with Crippen molar-refractivity contribution in [3.63, 3.8) is 0 Å². The zero-order valence-electron chi connectivity index (χ0n) is 9.79. The van der Waals surface area contributed by atoms with E-state index in [1.54, 1.807) is 7.11 Å². The molecule has 1 N–H and O–H groups in total. The SMILES string of the molecule is COc1cc(NC(C)CC2CC2)ccc1Br. The molecule has 16 heavy (non-hydrogen) atoms. The van der Waals surface area contributed by atoms with Crippen molar-refractivity contribution in [2.75, 3.05) is 12.4 Å². The molecule has 0 amide bonds. The highest BCUT2D eigenvalue weighted by Gasteiger charge is 2.23. The molecule has 2 nitrogen and oxygen atoms in total. The van der Waals surface area contributed by atoms with E-state index >= 15 is 0 Å². The Labute approximate surface area is 106 Å². The van der Waals surface area contributed by atoms with Gasteiger partial charge in [-0.25, -0.2) is 0 Å². The molecule has 0 spiro atoms. The summed E-state index contributed by atoms with van der Waals surface area (Å²) >= 11 is 3.45. The summed E-state index contributed by atoms with van der Waals surface area (Å²) < 4.78 is 6.27.